The molecule has 0 aliphatic carbocycles. The molecule has 2 nitrogen and oxygen atoms in total. The second kappa shape index (κ2) is 6.66. The summed E-state index contributed by atoms with van der Waals surface area (Å²) >= 11 is 0. The molecule has 88 valence electrons. The fourth-order valence-electron chi connectivity index (χ4n) is 2.13. The highest BCUT2D eigenvalue weighted by Crippen LogP contribution is 2.13. The first-order chi connectivity index (χ1) is 7.95. The second-order valence-electron chi connectivity index (χ2n) is 4.50. The van der Waals surface area contributed by atoms with Crippen molar-refractivity contribution >= 4 is 0 Å². The molecule has 1 N–H and O–H groups in total. The fraction of sp³-hybridized carbons (Fsp3) is 0.571. The lowest BCUT2D eigenvalue weighted by atomic mass is 10.0. The number of hydrogen-bond acceptors (Lipinski definition) is 2. The molecule has 1 aliphatic heterocycles. The number of hydrogen-bond donors (Lipinski definition) is 1. The van der Waals surface area contributed by atoms with Crippen molar-refractivity contribution in [3.8, 4) is 0 Å². The van der Waals surface area contributed by atoms with Crippen LogP contribution >= 0.6 is 0 Å². The van der Waals surface area contributed by atoms with Crippen LogP contribution in [0.3, 0.4) is 0 Å². The van der Waals surface area contributed by atoms with Gasteiger partial charge in [-0.25, -0.2) is 0 Å². The van der Waals surface area contributed by atoms with Gasteiger partial charge in [0.1, 0.15) is 0 Å². The predicted octanol–water partition coefficient (Wildman–Crippen LogP) is 2.25. The summed E-state index contributed by atoms with van der Waals surface area (Å²) in [6, 6.07) is 10.7. The van der Waals surface area contributed by atoms with Crippen molar-refractivity contribution in [3.63, 3.8) is 0 Å². The van der Waals surface area contributed by atoms with Gasteiger partial charge in [0.25, 0.3) is 0 Å². The Bertz CT molecular complexity index is 280. The summed E-state index contributed by atoms with van der Waals surface area (Å²) in [4.78, 5) is 0. The average molecular weight is 219 g/mol. The van der Waals surface area contributed by atoms with Gasteiger partial charge in [-0.1, -0.05) is 30.3 Å². The lowest BCUT2D eigenvalue weighted by Crippen LogP contribution is -2.29. The maximum absolute atomic E-state index is 5.35. The Labute approximate surface area is 98.0 Å². The normalized spacial score (nSPS) is 17.5. The summed E-state index contributed by atoms with van der Waals surface area (Å²) in [7, 11) is 0. The Morgan fingerprint density at radius 1 is 1.12 bits per heavy atom. The predicted molar refractivity (Wildman–Crippen MR) is 66.6 cm³/mol. The number of ether oxygens (including phenoxy) is 1. The van der Waals surface area contributed by atoms with Crippen molar-refractivity contribution in [1.82, 2.24) is 5.32 Å². The molecule has 2 rings (SSSR count). The zero-order chi connectivity index (χ0) is 11.1. The number of rotatable bonds is 5. The van der Waals surface area contributed by atoms with Crippen LogP contribution in [-0.2, 0) is 11.2 Å². The Morgan fingerprint density at radius 2 is 1.88 bits per heavy atom. The monoisotopic (exact) mass is 219 g/mol. The van der Waals surface area contributed by atoms with E-state index in [1.165, 1.54) is 18.4 Å². The molecule has 0 aromatic heterocycles. The Kier molecular flexibility index (Phi) is 4.84. The highest BCUT2D eigenvalue weighted by Gasteiger charge is 2.12. The first-order valence-electron chi connectivity index (χ1n) is 6.27. The van der Waals surface area contributed by atoms with Gasteiger partial charge >= 0.3 is 0 Å². The zero-order valence-corrected chi connectivity index (χ0v) is 9.82. The molecule has 0 atom stereocenters. The first-order valence-corrected chi connectivity index (χ1v) is 6.27. The molecule has 0 spiro atoms. The van der Waals surface area contributed by atoms with Gasteiger partial charge < -0.3 is 10.1 Å². The number of benzene rings is 1. The van der Waals surface area contributed by atoms with Crippen molar-refractivity contribution < 1.29 is 4.74 Å². The highest BCUT2D eigenvalue weighted by molar-refractivity contribution is 5.14. The number of nitrogens with one attached hydrogen (secondary N) is 1. The topological polar surface area (TPSA) is 21.3 Å². The molecule has 16 heavy (non-hydrogen) atoms. The standard InChI is InChI=1S/C14H21NO/c1-2-4-13(5-3-1)6-9-15-12-14-7-10-16-11-8-14/h1-5,14-15H,6-12H2. The van der Waals surface area contributed by atoms with E-state index < -0.39 is 0 Å². The average Bonchev–Trinajstić information content (AvgIpc) is 2.37. The van der Waals surface area contributed by atoms with Gasteiger partial charge in [-0.05, 0) is 43.8 Å². The molecule has 1 fully saturated rings. The molecule has 0 unspecified atom stereocenters. The van der Waals surface area contributed by atoms with Crippen molar-refractivity contribution in [1.29, 1.82) is 0 Å². The zero-order valence-electron chi connectivity index (χ0n) is 9.82. The minimum Gasteiger partial charge on any atom is -0.381 e. The van der Waals surface area contributed by atoms with E-state index in [4.69, 9.17) is 4.74 Å². The minimum atomic E-state index is 0.824. The van der Waals surface area contributed by atoms with E-state index in [2.05, 4.69) is 35.6 Å². The summed E-state index contributed by atoms with van der Waals surface area (Å²) in [5, 5.41) is 3.55. The van der Waals surface area contributed by atoms with Crippen LogP contribution < -0.4 is 5.32 Å². The van der Waals surface area contributed by atoms with E-state index >= 15 is 0 Å². The molecule has 0 amide bonds. The van der Waals surface area contributed by atoms with E-state index in [0.29, 0.717) is 0 Å². The van der Waals surface area contributed by atoms with Gasteiger partial charge in [0.05, 0.1) is 0 Å². The largest absolute Gasteiger partial charge is 0.381 e. The van der Waals surface area contributed by atoms with Crippen molar-refractivity contribution in [2.75, 3.05) is 26.3 Å². The summed E-state index contributed by atoms with van der Waals surface area (Å²) in [6.07, 6.45) is 3.57. The van der Waals surface area contributed by atoms with Gasteiger partial charge in [0.15, 0.2) is 0 Å². The van der Waals surface area contributed by atoms with Gasteiger partial charge in [0.2, 0.25) is 0 Å². The van der Waals surface area contributed by atoms with E-state index in [1.54, 1.807) is 0 Å². The highest BCUT2D eigenvalue weighted by atomic mass is 16.5. The molecule has 1 heterocycles. The smallest absolute Gasteiger partial charge is 0.0469 e. The first kappa shape index (κ1) is 11.6. The third-order valence-electron chi connectivity index (χ3n) is 3.21. The lowest BCUT2D eigenvalue weighted by molar-refractivity contribution is 0.0664. The van der Waals surface area contributed by atoms with E-state index in [9.17, 15) is 0 Å². The molecule has 0 saturated carbocycles. The summed E-state index contributed by atoms with van der Waals surface area (Å²) in [6.45, 7) is 4.13. The third kappa shape index (κ3) is 3.95. The maximum atomic E-state index is 5.35. The van der Waals surface area contributed by atoms with Crippen molar-refractivity contribution in [3.05, 3.63) is 35.9 Å². The van der Waals surface area contributed by atoms with Crippen LogP contribution in [0.1, 0.15) is 18.4 Å². The Balaban J connectivity index is 1.58. The minimum absolute atomic E-state index is 0.824. The van der Waals surface area contributed by atoms with Crippen LogP contribution in [0.15, 0.2) is 30.3 Å². The quantitative estimate of drug-likeness (QED) is 0.767. The van der Waals surface area contributed by atoms with Gasteiger partial charge in [-0.3, -0.25) is 0 Å². The van der Waals surface area contributed by atoms with Crippen LogP contribution in [0.25, 0.3) is 0 Å². The molecular formula is C14H21NO. The molecule has 1 aromatic carbocycles. The molecular weight excluding hydrogens is 198 g/mol. The van der Waals surface area contributed by atoms with E-state index in [-0.39, 0.29) is 0 Å². The molecule has 0 radical (unpaired) electrons. The summed E-state index contributed by atoms with van der Waals surface area (Å²) in [5.41, 5.74) is 1.42. The SMILES string of the molecule is c1ccc(CCNCC2CCOCC2)cc1. The van der Waals surface area contributed by atoms with Crippen LogP contribution in [0.4, 0.5) is 0 Å². The van der Waals surface area contributed by atoms with E-state index in [0.717, 1.165) is 38.6 Å². The third-order valence-corrected chi connectivity index (χ3v) is 3.21. The van der Waals surface area contributed by atoms with Gasteiger partial charge in [-0.2, -0.15) is 0 Å². The molecule has 1 aliphatic rings. The van der Waals surface area contributed by atoms with Crippen LogP contribution in [-0.4, -0.2) is 26.3 Å². The van der Waals surface area contributed by atoms with Crippen molar-refractivity contribution in [2.24, 2.45) is 5.92 Å². The molecule has 1 aromatic rings. The molecule has 0 bridgehead atoms. The second-order valence-corrected chi connectivity index (χ2v) is 4.50. The molecule has 2 heteroatoms. The fourth-order valence-corrected chi connectivity index (χ4v) is 2.13. The van der Waals surface area contributed by atoms with Gasteiger partial charge in [-0.15, -0.1) is 0 Å². The van der Waals surface area contributed by atoms with Crippen LogP contribution in [0.5, 0.6) is 0 Å². The lowest BCUT2D eigenvalue weighted by Gasteiger charge is -2.22. The van der Waals surface area contributed by atoms with Crippen LogP contribution in [0, 0.1) is 5.92 Å². The summed E-state index contributed by atoms with van der Waals surface area (Å²) in [5.74, 6) is 0.824. The van der Waals surface area contributed by atoms with Gasteiger partial charge in [0, 0.05) is 13.2 Å². The maximum Gasteiger partial charge on any atom is 0.0469 e. The summed E-state index contributed by atoms with van der Waals surface area (Å²) < 4.78 is 5.35. The molecule has 1 saturated heterocycles. The van der Waals surface area contributed by atoms with E-state index in [1.807, 2.05) is 0 Å². The van der Waals surface area contributed by atoms with Crippen molar-refractivity contribution in [2.45, 2.75) is 19.3 Å². The Hall–Kier alpha value is -0.860. The van der Waals surface area contributed by atoms with Crippen LogP contribution in [0.2, 0.25) is 0 Å². The Morgan fingerprint density at radius 3 is 2.62 bits per heavy atom.